The Labute approximate surface area is 241 Å². The Balaban J connectivity index is 1.16. The van der Waals surface area contributed by atoms with E-state index in [9.17, 15) is 23.1 Å². The Kier molecular flexibility index (Phi) is 9.25. The molecule has 1 aromatic heterocycles. The third kappa shape index (κ3) is 7.36. The summed E-state index contributed by atoms with van der Waals surface area (Å²) >= 11 is 0. The van der Waals surface area contributed by atoms with Gasteiger partial charge < -0.3 is 23.7 Å². The lowest BCUT2D eigenvalue weighted by Crippen LogP contribution is -2.38. The third-order valence-electron chi connectivity index (χ3n) is 7.38. The maximum absolute atomic E-state index is 13.7. The first kappa shape index (κ1) is 29.8. The van der Waals surface area contributed by atoms with E-state index in [1.165, 1.54) is 24.3 Å². The van der Waals surface area contributed by atoms with E-state index in [0.29, 0.717) is 30.2 Å². The van der Waals surface area contributed by atoms with Crippen molar-refractivity contribution in [2.75, 3.05) is 6.61 Å². The fourth-order valence-corrected chi connectivity index (χ4v) is 5.14. The monoisotopic (exact) mass is 583 g/mol. The van der Waals surface area contributed by atoms with E-state index in [4.69, 9.17) is 18.6 Å². The van der Waals surface area contributed by atoms with Gasteiger partial charge in [-0.2, -0.15) is 13.2 Å². The highest BCUT2D eigenvalue weighted by Crippen LogP contribution is 2.37. The predicted molar refractivity (Wildman–Crippen MR) is 149 cm³/mol. The van der Waals surface area contributed by atoms with E-state index in [1.807, 2.05) is 49.4 Å². The van der Waals surface area contributed by atoms with E-state index >= 15 is 0 Å². The molecule has 0 bridgehead atoms. The van der Waals surface area contributed by atoms with Gasteiger partial charge in [0, 0.05) is 5.56 Å². The smallest absolute Gasteiger partial charge is 0.418 e. The molecule has 0 saturated heterocycles. The fraction of sp³-hybridized carbons (Fsp3) is 0.375. The van der Waals surface area contributed by atoms with Crippen molar-refractivity contribution in [3.63, 3.8) is 0 Å². The Morgan fingerprint density at radius 1 is 1.00 bits per heavy atom. The highest BCUT2D eigenvalue weighted by atomic mass is 19.4. The molecule has 3 aromatic carbocycles. The molecule has 1 fully saturated rings. The minimum absolute atomic E-state index is 0.172. The van der Waals surface area contributed by atoms with Crippen LogP contribution in [-0.4, -0.2) is 47.2 Å². The molecule has 42 heavy (non-hydrogen) atoms. The summed E-state index contributed by atoms with van der Waals surface area (Å²) in [5, 5.41) is 11.8. The Bertz CT molecular complexity index is 1490. The lowest BCUT2D eigenvalue weighted by atomic mass is 9.95. The van der Waals surface area contributed by atoms with Crippen LogP contribution in [-0.2, 0) is 25.6 Å². The van der Waals surface area contributed by atoms with Gasteiger partial charge in [0.05, 0.1) is 25.4 Å². The SMILES string of the molecule is Cc1oc(-c2ccc3ccccc3c2)nc1CO[C@H]1CCC[C@@H](OCC(OC(c2ccccc2)C(F)(F)F)C(=O)O)C1. The molecule has 2 unspecified atom stereocenters. The number of aromatic nitrogens is 1. The lowest BCUT2D eigenvalue weighted by molar-refractivity contribution is -0.243. The average molecular weight is 584 g/mol. The van der Waals surface area contributed by atoms with Gasteiger partial charge in [0.25, 0.3) is 0 Å². The van der Waals surface area contributed by atoms with Crippen molar-refractivity contribution in [2.24, 2.45) is 0 Å². The van der Waals surface area contributed by atoms with Gasteiger partial charge in [-0.1, -0.05) is 60.7 Å². The number of aryl methyl sites for hydroxylation is 1. The molecule has 1 saturated carbocycles. The van der Waals surface area contributed by atoms with Crippen LogP contribution in [0.3, 0.4) is 0 Å². The number of benzene rings is 3. The molecule has 7 nitrogen and oxygen atoms in total. The second-order valence-electron chi connectivity index (χ2n) is 10.4. The molecule has 1 N–H and O–H groups in total. The molecule has 4 aromatic rings. The Morgan fingerprint density at radius 2 is 1.69 bits per heavy atom. The van der Waals surface area contributed by atoms with Gasteiger partial charge in [-0.05, 0) is 61.1 Å². The number of hydrogen-bond acceptors (Lipinski definition) is 6. The van der Waals surface area contributed by atoms with Gasteiger partial charge in [0.1, 0.15) is 11.5 Å². The number of ether oxygens (including phenoxy) is 3. The number of fused-ring (bicyclic) bond motifs is 1. The van der Waals surface area contributed by atoms with Crippen molar-refractivity contribution < 1.29 is 41.7 Å². The van der Waals surface area contributed by atoms with Crippen molar-refractivity contribution in [2.45, 2.75) is 69.8 Å². The highest BCUT2D eigenvalue weighted by Gasteiger charge is 2.44. The number of carbonyl (C=O) groups is 1. The summed E-state index contributed by atoms with van der Waals surface area (Å²) in [6.07, 6.45) is -6.85. The highest BCUT2D eigenvalue weighted by molar-refractivity contribution is 5.86. The van der Waals surface area contributed by atoms with Crippen molar-refractivity contribution in [3.8, 4) is 11.5 Å². The molecule has 10 heteroatoms. The van der Waals surface area contributed by atoms with Gasteiger partial charge in [-0.15, -0.1) is 0 Å². The number of halogens is 3. The van der Waals surface area contributed by atoms with Crippen molar-refractivity contribution in [3.05, 3.63) is 89.8 Å². The number of hydrogen-bond donors (Lipinski definition) is 1. The number of carboxylic acids is 1. The Morgan fingerprint density at radius 3 is 2.40 bits per heavy atom. The molecule has 1 aliphatic rings. The number of oxazole rings is 1. The molecule has 5 rings (SSSR count). The van der Waals surface area contributed by atoms with E-state index in [-0.39, 0.29) is 24.4 Å². The number of alkyl halides is 3. The summed E-state index contributed by atoms with van der Waals surface area (Å²) in [5.74, 6) is -0.359. The summed E-state index contributed by atoms with van der Waals surface area (Å²) in [6, 6.07) is 21.0. The first-order chi connectivity index (χ1) is 20.2. The van der Waals surface area contributed by atoms with Crippen molar-refractivity contribution in [1.82, 2.24) is 4.98 Å². The summed E-state index contributed by atoms with van der Waals surface area (Å²) in [7, 11) is 0. The maximum Gasteiger partial charge on any atom is 0.418 e. The summed E-state index contributed by atoms with van der Waals surface area (Å²) < 4.78 is 64.0. The fourth-order valence-electron chi connectivity index (χ4n) is 5.14. The van der Waals surface area contributed by atoms with Crippen LogP contribution in [0.4, 0.5) is 13.2 Å². The van der Waals surface area contributed by atoms with Gasteiger partial charge in [0.15, 0.2) is 12.2 Å². The lowest BCUT2D eigenvalue weighted by Gasteiger charge is -2.30. The number of carboxylic acid groups (broad SMARTS) is 1. The molecule has 1 aliphatic carbocycles. The molecule has 4 atom stereocenters. The minimum atomic E-state index is -4.79. The molecular formula is C32H32F3NO6. The van der Waals surface area contributed by atoms with Crippen molar-refractivity contribution in [1.29, 1.82) is 0 Å². The normalized spacial score (nSPS) is 19.0. The van der Waals surface area contributed by atoms with Crippen LogP contribution in [0.15, 0.2) is 77.2 Å². The van der Waals surface area contributed by atoms with Crippen LogP contribution in [0.5, 0.6) is 0 Å². The quantitative estimate of drug-likeness (QED) is 0.196. The standard InChI is InChI=1S/C32H32F3NO6/c1-20-27(36-30(41-20)24-15-14-21-8-5-6-11-23(21)16-24)18-39-25-12-7-13-26(17-25)40-19-28(31(37)38)42-29(32(33,34)35)22-9-3-2-4-10-22/h2-6,8-11,14-16,25-26,28-29H,7,12-13,17-19H2,1H3,(H,37,38)/t25-,26+,28?,29?/m0/s1. The topological polar surface area (TPSA) is 91.0 Å². The largest absolute Gasteiger partial charge is 0.479 e. The van der Waals surface area contributed by atoms with Crippen LogP contribution in [0.25, 0.3) is 22.2 Å². The number of rotatable bonds is 11. The van der Waals surface area contributed by atoms with Crippen LogP contribution in [0.2, 0.25) is 0 Å². The summed E-state index contributed by atoms with van der Waals surface area (Å²) in [5.41, 5.74) is 1.37. The number of nitrogens with zero attached hydrogens (tertiary/aromatic N) is 1. The van der Waals surface area contributed by atoms with Gasteiger partial charge >= 0.3 is 12.1 Å². The van der Waals surface area contributed by atoms with Crippen LogP contribution in [0.1, 0.15) is 48.8 Å². The predicted octanol–water partition coefficient (Wildman–Crippen LogP) is 7.42. The third-order valence-corrected chi connectivity index (χ3v) is 7.38. The minimum Gasteiger partial charge on any atom is -0.479 e. The second kappa shape index (κ2) is 13.1. The van der Waals surface area contributed by atoms with Crippen molar-refractivity contribution >= 4 is 16.7 Å². The zero-order valence-electron chi connectivity index (χ0n) is 23.0. The van der Waals surface area contributed by atoms with E-state index < -0.39 is 31.0 Å². The maximum atomic E-state index is 13.7. The van der Waals surface area contributed by atoms with E-state index in [0.717, 1.165) is 29.2 Å². The second-order valence-corrected chi connectivity index (χ2v) is 10.4. The first-order valence-corrected chi connectivity index (χ1v) is 13.9. The molecule has 0 amide bonds. The summed E-state index contributed by atoms with van der Waals surface area (Å²) in [4.78, 5) is 16.4. The van der Waals surface area contributed by atoms with Gasteiger partial charge in [0.2, 0.25) is 5.89 Å². The van der Waals surface area contributed by atoms with E-state index in [2.05, 4.69) is 4.98 Å². The average Bonchev–Trinajstić information content (AvgIpc) is 3.36. The van der Waals surface area contributed by atoms with Gasteiger partial charge in [-0.25, -0.2) is 9.78 Å². The molecule has 1 heterocycles. The molecule has 222 valence electrons. The Hall–Kier alpha value is -3.73. The first-order valence-electron chi connectivity index (χ1n) is 13.9. The van der Waals surface area contributed by atoms with Crippen LogP contribution in [0, 0.1) is 6.92 Å². The number of aliphatic carboxylic acids is 1. The molecule has 0 spiro atoms. The molecule has 0 aliphatic heterocycles. The van der Waals surface area contributed by atoms with Crippen LogP contribution >= 0.6 is 0 Å². The summed E-state index contributed by atoms with van der Waals surface area (Å²) in [6.45, 7) is 1.55. The molecule has 0 radical (unpaired) electrons. The molecular weight excluding hydrogens is 551 g/mol. The zero-order chi connectivity index (χ0) is 29.7. The zero-order valence-corrected chi connectivity index (χ0v) is 23.0. The van der Waals surface area contributed by atoms with Gasteiger partial charge in [-0.3, -0.25) is 0 Å². The van der Waals surface area contributed by atoms with Crippen LogP contribution < -0.4 is 0 Å². The van der Waals surface area contributed by atoms with E-state index in [1.54, 1.807) is 6.07 Å².